The van der Waals surface area contributed by atoms with E-state index < -0.39 is 10.0 Å². The van der Waals surface area contributed by atoms with Crippen molar-refractivity contribution in [2.24, 2.45) is 5.92 Å². The van der Waals surface area contributed by atoms with Crippen LogP contribution in [-0.2, 0) is 19.6 Å². The minimum Gasteiger partial charge on any atom is -0.490 e. The first-order valence-corrected chi connectivity index (χ1v) is 13.7. The van der Waals surface area contributed by atoms with E-state index in [-0.39, 0.29) is 23.3 Å². The maximum atomic E-state index is 13.1. The predicted octanol–water partition coefficient (Wildman–Crippen LogP) is 2.11. The summed E-state index contributed by atoms with van der Waals surface area (Å²) in [5.74, 6) is 1.49. The lowest BCUT2D eigenvalue weighted by molar-refractivity contribution is -0.139. The number of ether oxygens (including phenoxy) is 2. The van der Waals surface area contributed by atoms with E-state index in [4.69, 9.17) is 9.47 Å². The molecule has 1 saturated heterocycles. The molecule has 2 aliphatic heterocycles. The number of hydrogen-bond acceptors (Lipinski definition) is 6. The Hall–Kier alpha value is -2.33. The summed E-state index contributed by atoms with van der Waals surface area (Å²) in [4.78, 5) is 28.9. The second-order valence-corrected chi connectivity index (χ2v) is 11.4. The molecule has 0 aromatic heterocycles. The van der Waals surface area contributed by atoms with E-state index in [1.807, 2.05) is 4.90 Å². The Kier molecular flexibility index (Phi) is 7.98. The number of carbonyl (C=O) groups is 2. The molecule has 4 rings (SSSR count). The molecule has 9 nitrogen and oxygen atoms in total. The van der Waals surface area contributed by atoms with Gasteiger partial charge in [0, 0.05) is 52.1 Å². The summed E-state index contributed by atoms with van der Waals surface area (Å²) in [6, 6.07) is 4.51. The zero-order chi connectivity index (χ0) is 24.1. The highest BCUT2D eigenvalue weighted by molar-refractivity contribution is 7.89. The van der Waals surface area contributed by atoms with Crippen LogP contribution in [0.4, 0.5) is 0 Å². The van der Waals surface area contributed by atoms with Crippen molar-refractivity contribution < 1.29 is 27.5 Å². The summed E-state index contributed by atoms with van der Waals surface area (Å²) in [7, 11) is -2.47. The van der Waals surface area contributed by atoms with Gasteiger partial charge >= 0.3 is 0 Å². The quantitative estimate of drug-likeness (QED) is 0.577. The second-order valence-electron chi connectivity index (χ2n) is 9.37. The highest BCUT2D eigenvalue weighted by Gasteiger charge is 2.29. The molecule has 1 aliphatic carbocycles. The monoisotopic (exact) mass is 493 g/mol. The van der Waals surface area contributed by atoms with Crippen molar-refractivity contribution >= 4 is 21.8 Å². The second kappa shape index (κ2) is 10.9. The number of benzene rings is 1. The third kappa shape index (κ3) is 5.83. The molecular weight excluding hydrogens is 458 g/mol. The maximum absolute atomic E-state index is 13.1. The Balaban J connectivity index is 1.28. The highest BCUT2D eigenvalue weighted by atomic mass is 32.2. The molecule has 1 aromatic rings. The van der Waals surface area contributed by atoms with E-state index in [0.29, 0.717) is 63.2 Å². The minimum atomic E-state index is -3.87. The number of carbonyl (C=O) groups excluding carboxylic acids is 2. The number of piperazine rings is 1. The van der Waals surface area contributed by atoms with Gasteiger partial charge in [0.05, 0.1) is 24.7 Å². The van der Waals surface area contributed by atoms with Crippen LogP contribution < -0.4 is 9.47 Å². The molecule has 2 fully saturated rings. The van der Waals surface area contributed by atoms with E-state index in [1.54, 1.807) is 11.0 Å². The smallest absolute Gasteiger partial charge is 0.243 e. The lowest BCUT2D eigenvalue weighted by atomic mass is 10.0. The van der Waals surface area contributed by atoms with Gasteiger partial charge in [-0.3, -0.25) is 9.59 Å². The number of amides is 2. The largest absolute Gasteiger partial charge is 0.490 e. The standard InChI is InChI=1S/C24H35N3O6S/c1-25(34(30,31)20-8-9-21-22(17-20)33-16-4-15-32-21)18-24(29)27-13-11-26(12-14-27)23(28)10-7-19-5-2-3-6-19/h8-9,17,19H,2-7,10-16,18H2,1H3. The third-order valence-corrected chi connectivity index (χ3v) is 8.81. The van der Waals surface area contributed by atoms with Crippen molar-refractivity contribution in [1.82, 2.24) is 14.1 Å². The fraction of sp³-hybridized carbons (Fsp3) is 0.667. The first-order valence-electron chi connectivity index (χ1n) is 12.3. The molecule has 0 spiro atoms. The van der Waals surface area contributed by atoms with Crippen molar-refractivity contribution in [3.05, 3.63) is 18.2 Å². The Morgan fingerprint density at radius 2 is 1.56 bits per heavy atom. The van der Waals surface area contributed by atoms with Gasteiger partial charge in [0.2, 0.25) is 21.8 Å². The molecule has 3 aliphatic rings. The van der Waals surface area contributed by atoms with E-state index in [2.05, 4.69) is 0 Å². The van der Waals surface area contributed by atoms with Gasteiger partial charge in [-0.25, -0.2) is 8.42 Å². The van der Waals surface area contributed by atoms with Crippen molar-refractivity contribution in [3.63, 3.8) is 0 Å². The van der Waals surface area contributed by atoms with Crippen LogP contribution >= 0.6 is 0 Å². The SMILES string of the molecule is CN(CC(=O)N1CCN(C(=O)CCC2CCCC2)CC1)S(=O)(=O)c1ccc2c(c1)OCCCO2. The average molecular weight is 494 g/mol. The first kappa shape index (κ1) is 24.8. The molecule has 0 bridgehead atoms. The Morgan fingerprint density at radius 1 is 0.941 bits per heavy atom. The van der Waals surface area contributed by atoms with Crippen LogP contribution in [0.15, 0.2) is 23.1 Å². The topological polar surface area (TPSA) is 96.5 Å². The predicted molar refractivity (Wildman–Crippen MR) is 126 cm³/mol. The molecule has 188 valence electrons. The number of likely N-dealkylation sites (N-methyl/N-ethyl adjacent to an activating group) is 1. The van der Waals surface area contributed by atoms with Gasteiger partial charge in [0.1, 0.15) is 0 Å². The van der Waals surface area contributed by atoms with Gasteiger partial charge in [-0.2, -0.15) is 4.31 Å². The molecular formula is C24H35N3O6S. The molecule has 0 N–H and O–H groups in total. The normalized spacial score (nSPS) is 19.4. The maximum Gasteiger partial charge on any atom is 0.243 e. The van der Waals surface area contributed by atoms with E-state index in [1.165, 1.54) is 44.9 Å². The van der Waals surface area contributed by atoms with Crippen LogP contribution in [0.1, 0.15) is 44.9 Å². The van der Waals surface area contributed by atoms with Gasteiger partial charge in [-0.1, -0.05) is 25.7 Å². The third-order valence-electron chi connectivity index (χ3n) is 7.01. The minimum absolute atomic E-state index is 0.0599. The molecule has 0 unspecified atom stereocenters. The number of nitrogens with zero attached hydrogens (tertiary/aromatic N) is 3. The molecule has 34 heavy (non-hydrogen) atoms. The van der Waals surface area contributed by atoms with Crippen LogP contribution in [0.2, 0.25) is 0 Å². The summed E-state index contributed by atoms with van der Waals surface area (Å²) >= 11 is 0. The van der Waals surface area contributed by atoms with Crippen molar-refractivity contribution in [2.45, 2.75) is 49.8 Å². The summed E-state index contributed by atoms with van der Waals surface area (Å²) in [6.45, 7) is 2.55. The van der Waals surface area contributed by atoms with Crippen LogP contribution in [0.3, 0.4) is 0 Å². The van der Waals surface area contributed by atoms with Crippen molar-refractivity contribution in [2.75, 3.05) is 53.0 Å². The Morgan fingerprint density at radius 3 is 2.24 bits per heavy atom. The van der Waals surface area contributed by atoms with Crippen molar-refractivity contribution in [1.29, 1.82) is 0 Å². The van der Waals surface area contributed by atoms with Crippen LogP contribution in [0.25, 0.3) is 0 Å². The summed E-state index contributed by atoms with van der Waals surface area (Å²) in [5, 5.41) is 0. The number of fused-ring (bicyclic) bond motifs is 1. The lowest BCUT2D eigenvalue weighted by Crippen LogP contribution is -2.52. The van der Waals surface area contributed by atoms with Gasteiger partial charge in [-0.05, 0) is 24.5 Å². The molecule has 0 atom stereocenters. The number of rotatable bonds is 7. The summed E-state index contributed by atoms with van der Waals surface area (Å²) < 4.78 is 38.3. The van der Waals surface area contributed by atoms with Crippen LogP contribution in [0.5, 0.6) is 11.5 Å². The van der Waals surface area contributed by atoms with Crippen molar-refractivity contribution in [3.8, 4) is 11.5 Å². The molecule has 0 radical (unpaired) electrons. The molecule has 1 aromatic carbocycles. The van der Waals surface area contributed by atoms with Gasteiger partial charge in [0.25, 0.3) is 0 Å². The average Bonchev–Trinajstić information content (AvgIpc) is 3.25. The Bertz CT molecular complexity index is 984. The van der Waals surface area contributed by atoms with Gasteiger partial charge < -0.3 is 19.3 Å². The number of sulfonamides is 1. The fourth-order valence-electron chi connectivity index (χ4n) is 4.85. The molecule has 10 heteroatoms. The Labute approximate surface area is 202 Å². The molecule has 1 saturated carbocycles. The molecule has 2 amide bonds. The van der Waals surface area contributed by atoms with Crippen LogP contribution in [-0.4, -0.2) is 87.3 Å². The zero-order valence-corrected chi connectivity index (χ0v) is 20.7. The van der Waals surface area contributed by atoms with Gasteiger partial charge in [-0.15, -0.1) is 0 Å². The zero-order valence-electron chi connectivity index (χ0n) is 19.9. The number of hydrogen-bond donors (Lipinski definition) is 0. The van der Waals surface area contributed by atoms with Gasteiger partial charge in [0.15, 0.2) is 11.5 Å². The summed E-state index contributed by atoms with van der Waals surface area (Å²) in [5.41, 5.74) is 0. The van der Waals surface area contributed by atoms with E-state index in [9.17, 15) is 18.0 Å². The van der Waals surface area contributed by atoms with E-state index >= 15 is 0 Å². The fourth-order valence-corrected chi connectivity index (χ4v) is 5.99. The highest BCUT2D eigenvalue weighted by Crippen LogP contribution is 2.33. The lowest BCUT2D eigenvalue weighted by Gasteiger charge is -2.35. The van der Waals surface area contributed by atoms with Crippen LogP contribution in [0, 0.1) is 5.92 Å². The first-order chi connectivity index (χ1) is 16.3. The molecule has 2 heterocycles. The summed E-state index contributed by atoms with van der Waals surface area (Å²) in [6.07, 6.45) is 7.29. The van der Waals surface area contributed by atoms with E-state index in [0.717, 1.165) is 17.1 Å².